The molecule has 1 N–H and O–H groups in total. The van der Waals surface area contributed by atoms with Crippen molar-refractivity contribution >= 4 is 21.7 Å². The van der Waals surface area contributed by atoms with Crippen molar-refractivity contribution in [1.29, 1.82) is 0 Å². The highest BCUT2D eigenvalue weighted by Crippen LogP contribution is 2.21. The molecule has 0 radical (unpaired) electrons. The van der Waals surface area contributed by atoms with Gasteiger partial charge in [-0.2, -0.15) is 0 Å². The molecule has 1 aromatic carbocycles. The molecule has 138 valence electrons. The van der Waals surface area contributed by atoms with Gasteiger partial charge in [0.15, 0.2) is 5.78 Å². The van der Waals surface area contributed by atoms with Crippen molar-refractivity contribution in [3.05, 3.63) is 67.5 Å². The molecule has 1 aromatic heterocycles. The van der Waals surface area contributed by atoms with Crippen LogP contribution >= 0.6 is 15.9 Å². The number of aliphatic hydroxyl groups is 1. The molecule has 1 aliphatic rings. The fourth-order valence-electron chi connectivity index (χ4n) is 3.39. The van der Waals surface area contributed by atoms with Crippen molar-refractivity contribution in [2.45, 2.75) is 32.4 Å². The fraction of sp³-hybridized carbons (Fsp3) is 0.400. The molecular weight excluding hydrogens is 396 g/mol. The molecule has 5 nitrogen and oxygen atoms in total. The van der Waals surface area contributed by atoms with Gasteiger partial charge in [0.05, 0.1) is 11.7 Å². The Morgan fingerprint density at radius 1 is 1.38 bits per heavy atom. The molecule has 26 heavy (non-hydrogen) atoms. The van der Waals surface area contributed by atoms with Gasteiger partial charge >= 0.3 is 0 Å². The predicted molar refractivity (Wildman–Crippen MR) is 104 cm³/mol. The summed E-state index contributed by atoms with van der Waals surface area (Å²) in [7, 11) is 1.67. The molecule has 0 spiro atoms. The Kier molecular flexibility index (Phi) is 5.75. The summed E-state index contributed by atoms with van der Waals surface area (Å²) in [4.78, 5) is 27.4. The number of carbonyl (C=O) groups excluding carboxylic acids is 1. The second kappa shape index (κ2) is 7.86. The van der Waals surface area contributed by atoms with E-state index in [-0.39, 0.29) is 29.4 Å². The van der Waals surface area contributed by atoms with Crippen LogP contribution in [-0.2, 0) is 20.0 Å². The van der Waals surface area contributed by atoms with Crippen LogP contribution in [0.2, 0.25) is 0 Å². The largest absolute Gasteiger partial charge is 0.392 e. The Hall–Kier alpha value is -1.76. The van der Waals surface area contributed by atoms with E-state index in [1.54, 1.807) is 19.3 Å². The van der Waals surface area contributed by atoms with E-state index < -0.39 is 0 Å². The summed E-state index contributed by atoms with van der Waals surface area (Å²) >= 11 is 3.48. The predicted octanol–water partition coefficient (Wildman–Crippen LogP) is 2.45. The molecule has 6 heteroatoms. The summed E-state index contributed by atoms with van der Waals surface area (Å²) in [5.41, 5.74) is 2.80. The van der Waals surface area contributed by atoms with Gasteiger partial charge in [0, 0.05) is 43.8 Å². The van der Waals surface area contributed by atoms with Crippen molar-refractivity contribution < 1.29 is 9.90 Å². The van der Waals surface area contributed by atoms with Crippen molar-refractivity contribution in [1.82, 2.24) is 9.47 Å². The van der Waals surface area contributed by atoms with Gasteiger partial charge < -0.3 is 9.67 Å². The molecule has 0 aliphatic carbocycles. The van der Waals surface area contributed by atoms with Crippen molar-refractivity contribution in [3.8, 4) is 0 Å². The van der Waals surface area contributed by atoms with Crippen LogP contribution in [0.15, 0.2) is 39.7 Å². The first-order valence-electron chi connectivity index (χ1n) is 8.72. The molecule has 0 saturated carbocycles. The summed E-state index contributed by atoms with van der Waals surface area (Å²) in [6.45, 7) is 4.04. The lowest BCUT2D eigenvalue weighted by atomic mass is 9.99. The number of likely N-dealkylation sites (tertiary alicyclic amines) is 1. The van der Waals surface area contributed by atoms with Crippen molar-refractivity contribution in [2.75, 3.05) is 13.1 Å². The van der Waals surface area contributed by atoms with E-state index in [0.717, 1.165) is 34.1 Å². The minimum atomic E-state index is -0.289. The number of aryl methyl sites for hydroxylation is 1. The second-order valence-corrected chi connectivity index (χ2v) is 7.83. The Morgan fingerprint density at radius 2 is 2.15 bits per heavy atom. The zero-order chi connectivity index (χ0) is 18.8. The zero-order valence-corrected chi connectivity index (χ0v) is 16.6. The third-order valence-corrected chi connectivity index (χ3v) is 5.78. The lowest BCUT2D eigenvalue weighted by molar-refractivity contribution is 0.0990. The summed E-state index contributed by atoms with van der Waals surface area (Å²) in [6.07, 6.45) is 2.45. The number of β-amino-alcohol motifs (C(OH)–C–C–N with tert-alkyl or cyclic N) is 1. The van der Waals surface area contributed by atoms with Gasteiger partial charge in [0.2, 0.25) is 0 Å². The van der Waals surface area contributed by atoms with Crippen molar-refractivity contribution in [3.63, 3.8) is 0 Å². The smallest absolute Gasteiger partial charge is 0.261 e. The molecule has 0 unspecified atom stereocenters. The Labute approximate surface area is 161 Å². The number of hydrogen-bond acceptors (Lipinski definition) is 4. The first-order chi connectivity index (χ1) is 12.3. The number of nitrogens with zero attached hydrogens (tertiary/aromatic N) is 2. The number of carbonyl (C=O) groups is 1. The average Bonchev–Trinajstić information content (AvgIpc) is 2.99. The number of halogens is 1. The van der Waals surface area contributed by atoms with E-state index in [1.807, 2.05) is 25.1 Å². The monoisotopic (exact) mass is 418 g/mol. The fourth-order valence-corrected chi connectivity index (χ4v) is 3.80. The number of pyridine rings is 1. The third kappa shape index (κ3) is 4.14. The minimum Gasteiger partial charge on any atom is -0.392 e. The highest BCUT2D eigenvalue weighted by atomic mass is 79.9. The topological polar surface area (TPSA) is 62.5 Å². The Bertz CT molecular complexity index is 891. The summed E-state index contributed by atoms with van der Waals surface area (Å²) in [5, 5.41) is 9.68. The van der Waals surface area contributed by atoms with E-state index in [1.165, 1.54) is 4.57 Å². The van der Waals surface area contributed by atoms with Crippen LogP contribution in [0, 0.1) is 6.92 Å². The number of rotatable bonds is 5. The average molecular weight is 419 g/mol. The number of ketones is 1. The number of benzene rings is 1. The number of aromatic nitrogens is 1. The number of hydrogen-bond donors (Lipinski definition) is 1. The summed E-state index contributed by atoms with van der Waals surface area (Å²) in [5.74, 6) is -0.171. The van der Waals surface area contributed by atoms with Crippen LogP contribution in [0.4, 0.5) is 0 Å². The molecule has 1 saturated heterocycles. The summed E-state index contributed by atoms with van der Waals surface area (Å²) in [6, 6.07) is 7.46. The first-order valence-corrected chi connectivity index (χ1v) is 9.51. The van der Waals surface area contributed by atoms with E-state index in [9.17, 15) is 14.7 Å². The maximum absolute atomic E-state index is 12.8. The normalized spacial score (nSPS) is 17.6. The maximum atomic E-state index is 12.8. The van der Waals surface area contributed by atoms with Gasteiger partial charge in [0.25, 0.3) is 5.56 Å². The zero-order valence-electron chi connectivity index (χ0n) is 15.0. The van der Waals surface area contributed by atoms with Gasteiger partial charge in [-0.05, 0) is 42.2 Å². The van der Waals surface area contributed by atoms with Crippen LogP contribution in [0.5, 0.6) is 0 Å². The van der Waals surface area contributed by atoms with Gasteiger partial charge in [-0.25, -0.2) is 0 Å². The lowest BCUT2D eigenvalue weighted by Gasteiger charge is -2.16. The van der Waals surface area contributed by atoms with Gasteiger partial charge in [-0.1, -0.05) is 28.1 Å². The molecule has 1 fully saturated rings. The second-order valence-electron chi connectivity index (χ2n) is 6.98. The lowest BCUT2D eigenvalue weighted by Crippen LogP contribution is -2.28. The number of Topliss-reactive ketones (excluding diaryl/α,β-unsaturated/α-hetero) is 1. The minimum absolute atomic E-state index is 0.171. The molecule has 0 bridgehead atoms. The van der Waals surface area contributed by atoms with Crippen LogP contribution in [-0.4, -0.2) is 39.6 Å². The molecule has 2 heterocycles. The van der Waals surface area contributed by atoms with E-state index >= 15 is 0 Å². The third-order valence-electron chi connectivity index (χ3n) is 4.92. The van der Waals surface area contributed by atoms with Crippen LogP contribution in [0.1, 0.15) is 33.5 Å². The molecule has 1 aliphatic heterocycles. The van der Waals surface area contributed by atoms with E-state index in [4.69, 9.17) is 0 Å². The van der Waals surface area contributed by atoms with Crippen LogP contribution < -0.4 is 5.56 Å². The molecule has 1 atom stereocenters. The molecule has 2 aromatic rings. The molecule has 3 rings (SSSR count). The van der Waals surface area contributed by atoms with Gasteiger partial charge in [0.1, 0.15) is 0 Å². The van der Waals surface area contributed by atoms with E-state index in [2.05, 4.69) is 20.8 Å². The highest BCUT2D eigenvalue weighted by Gasteiger charge is 2.21. The quantitative estimate of drug-likeness (QED) is 0.757. The first kappa shape index (κ1) is 19.0. The van der Waals surface area contributed by atoms with E-state index in [0.29, 0.717) is 13.1 Å². The highest BCUT2D eigenvalue weighted by molar-refractivity contribution is 9.10. The van der Waals surface area contributed by atoms with Crippen molar-refractivity contribution in [2.24, 2.45) is 7.05 Å². The molecular formula is C20H23BrN2O3. The maximum Gasteiger partial charge on any atom is 0.261 e. The van der Waals surface area contributed by atoms with Gasteiger partial charge in [-0.15, -0.1) is 0 Å². The Balaban J connectivity index is 1.85. The Morgan fingerprint density at radius 3 is 2.85 bits per heavy atom. The van der Waals surface area contributed by atoms with Crippen LogP contribution in [0.3, 0.4) is 0 Å². The van der Waals surface area contributed by atoms with Crippen LogP contribution in [0.25, 0.3) is 0 Å². The standard InChI is InChI=1S/C20H23BrN2O3/c1-13-15(4-3-5-18(13)21)9-19(25)17-8-14(10-22(2)20(17)26)11-23-7-6-16(24)12-23/h3-5,8,10,16,24H,6-7,9,11-12H2,1-2H3/t16-/m1/s1. The SMILES string of the molecule is Cc1c(Br)cccc1CC(=O)c1cc(CN2CC[C@@H](O)C2)cn(C)c1=O. The number of aliphatic hydroxyl groups excluding tert-OH is 1. The summed E-state index contributed by atoms with van der Waals surface area (Å²) < 4.78 is 2.43. The molecule has 0 amide bonds. The van der Waals surface area contributed by atoms with Gasteiger partial charge in [-0.3, -0.25) is 14.5 Å².